The van der Waals surface area contributed by atoms with E-state index in [1.54, 1.807) is 48.1 Å². The summed E-state index contributed by atoms with van der Waals surface area (Å²) in [6, 6.07) is 10.4. The average molecular weight is 442 g/mol. The molecular weight excluding hydrogens is 432 g/mol. The summed E-state index contributed by atoms with van der Waals surface area (Å²) in [5.41, 5.74) is 1.53. The molecule has 0 aliphatic rings. The Kier molecular flexibility index (Phi) is 4.30. The van der Waals surface area contributed by atoms with Crippen LogP contribution in [0.3, 0.4) is 0 Å². The number of nitriles is 1. The van der Waals surface area contributed by atoms with Gasteiger partial charge in [0.1, 0.15) is 5.69 Å². The van der Waals surface area contributed by atoms with Gasteiger partial charge < -0.3 is 4.42 Å². The molecule has 0 radical (unpaired) electrons. The van der Waals surface area contributed by atoms with E-state index in [1.165, 1.54) is 6.07 Å². The molecule has 0 fully saturated rings. The van der Waals surface area contributed by atoms with Crippen molar-refractivity contribution in [2.24, 2.45) is 0 Å². The number of nitrogens with zero attached hydrogens (tertiary/aromatic N) is 4. The van der Waals surface area contributed by atoms with Gasteiger partial charge in [0.25, 0.3) is 0 Å². The third kappa shape index (κ3) is 3.03. The molecule has 3 heterocycles. The molecule has 0 aliphatic carbocycles. The first-order valence-corrected chi connectivity index (χ1v) is 9.00. The van der Waals surface area contributed by atoms with Crippen LogP contribution in [-0.4, -0.2) is 14.5 Å². The zero-order chi connectivity index (χ0) is 19.1. The number of hydrogen-bond acceptors (Lipinski definition) is 5. The Morgan fingerprint density at radius 1 is 1.33 bits per heavy atom. The number of halogens is 2. The van der Waals surface area contributed by atoms with Gasteiger partial charge in [0, 0.05) is 16.9 Å². The van der Waals surface area contributed by atoms with Crippen LogP contribution in [0.5, 0.6) is 0 Å². The Morgan fingerprint density at radius 2 is 2.15 bits per heavy atom. The minimum absolute atomic E-state index is 0.132. The van der Waals surface area contributed by atoms with E-state index in [0.29, 0.717) is 33.2 Å². The second-order valence-corrected chi connectivity index (χ2v) is 7.15. The van der Waals surface area contributed by atoms with Crippen molar-refractivity contribution in [3.8, 4) is 23.5 Å². The molecular formula is C19H10BrClN4O2. The van der Waals surface area contributed by atoms with Crippen LogP contribution in [0.1, 0.15) is 11.1 Å². The Bertz CT molecular complexity index is 1300. The molecule has 0 amide bonds. The van der Waals surface area contributed by atoms with Crippen molar-refractivity contribution in [1.82, 2.24) is 14.5 Å². The zero-order valence-corrected chi connectivity index (χ0v) is 16.2. The summed E-state index contributed by atoms with van der Waals surface area (Å²) < 4.78 is 7.91. The number of rotatable bonds is 2. The van der Waals surface area contributed by atoms with Crippen molar-refractivity contribution in [1.29, 1.82) is 5.26 Å². The van der Waals surface area contributed by atoms with Gasteiger partial charge in [-0.15, -0.1) is 0 Å². The summed E-state index contributed by atoms with van der Waals surface area (Å²) in [4.78, 5) is 21.4. The Morgan fingerprint density at radius 3 is 2.89 bits per heavy atom. The van der Waals surface area contributed by atoms with E-state index in [2.05, 4.69) is 25.9 Å². The number of hydrogen-bond donors (Lipinski definition) is 0. The second kappa shape index (κ2) is 6.65. The molecule has 27 heavy (non-hydrogen) atoms. The van der Waals surface area contributed by atoms with E-state index in [4.69, 9.17) is 21.3 Å². The van der Waals surface area contributed by atoms with Gasteiger partial charge in [-0.1, -0.05) is 11.6 Å². The molecule has 0 unspecified atom stereocenters. The van der Waals surface area contributed by atoms with Gasteiger partial charge in [-0.2, -0.15) is 5.26 Å². The van der Waals surface area contributed by atoms with Crippen molar-refractivity contribution in [2.75, 3.05) is 0 Å². The van der Waals surface area contributed by atoms with Gasteiger partial charge in [0.2, 0.25) is 5.89 Å². The molecule has 0 saturated carbocycles. The van der Waals surface area contributed by atoms with Crippen molar-refractivity contribution in [2.45, 2.75) is 6.92 Å². The quantitative estimate of drug-likeness (QED) is 0.452. The Labute approximate surface area is 166 Å². The largest absolute Gasteiger partial charge is 0.401 e. The lowest BCUT2D eigenvalue weighted by Gasteiger charge is -2.09. The van der Waals surface area contributed by atoms with Crippen LogP contribution in [0.4, 0.5) is 0 Å². The van der Waals surface area contributed by atoms with E-state index in [1.807, 2.05) is 6.07 Å². The predicted octanol–water partition coefficient (Wildman–Crippen LogP) is 4.64. The van der Waals surface area contributed by atoms with E-state index in [9.17, 15) is 4.79 Å². The SMILES string of the molecule is Cc1cc(C#N)cc2c(=O)oc(-c3cc(Br)cn3-c3ncccc3Cl)nc12. The van der Waals surface area contributed by atoms with Crippen molar-refractivity contribution < 1.29 is 4.42 Å². The molecule has 0 atom stereocenters. The maximum atomic E-state index is 12.5. The summed E-state index contributed by atoms with van der Waals surface area (Å²) in [6.07, 6.45) is 3.39. The maximum Gasteiger partial charge on any atom is 0.347 e. The molecule has 4 aromatic rings. The lowest BCUT2D eigenvalue weighted by atomic mass is 10.1. The topological polar surface area (TPSA) is 84.7 Å². The number of aryl methyl sites for hydroxylation is 1. The molecule has 0 spiro atoms. The van der Waals surface area contributed by atoms with Gasteiger partial charge in [0.15, 0.2) is 5.82 Å². The van der Waals surface area contributed by atoms with E-state index in [-0.39, 0.29) is 11.3 Å². The van der Waals surface area contributed by atoms with Gasteiger partial charge in [-0.25, -0.2) is 14.8 Å². The lowest BCUT2D eigenvalue weighted by molar-refractivity contribution is 0.514. The van der Waals surface area contributed by atoms with Crippen molar-refractivity contribution >= 4 is 38.4 Å². The monoisotopic (exact) mass is 440 g/mol. The predicted molar refractivity (Wildman–Crippen MR) is 105 cm³/mol. The number of aromatic nitrogens is 3. The highest BCUT2D eigenvalue weighted by Crippen LogP contribution is 2.30. The molecule has 0 aliphatic heterocycles. The summed E-state index contributed by atoms with van der Waals surface area (Å²) in [5, 5.41) is 9.82. The number of pyridine rings is 1. The second-order valence-electron chi connectivity index (χ2n) is 5.83. The molecule has 8 heteroatoms. The molecule has 1 aromatic carbocycles. The summed E-state index contributed by atoms with van der Waals surface area (Å²) in [6.45, 7) is 1.80. The Hall–Kier alpha value is -2.95. The standard InChI is InChI=1S/C19H10BrClN4O2/c1-10-5-11(8-22)6-13-16(10)24-18(27-19(13)26)15-7-12(20)9-25(15)17-14(21)3-2-4-23-17/h2-7,9H,1H3. The smallest absolute Gasteiger partial charge is 0.347 e. The molecule has 4 rings (SSSR count). The first kappa shape index (κ1) is 17.5. The van der Waals surface area contributed by atoms with Crippen LogP contribution in [0.15, 0.2) is 56.4 Å². The van der Waals surface area contributed by atoms with Crippen LogP contribution < -0.4 is 5.63 Å². The van der Waals surface area contributed by atoms with Crippen LogP contribution in [-0.2, 0) is 0 Å². The first-order chi connectivity index (χ1) is 13.0. The van der Waals surface area contributed by atoms with Crippen LogP contribution in [0, 0.1) is 18.3 Å². The molecule has 132 valence electrons. The summed E-state index contributed by atoms with van der Waals surface area (Å²) in [5.74, 6) is 0.619. The fourth-order valence-electron chi connectivity index (χ4n) is 2.85. The first-order valence-electron chi connectivity index (χ1n) is 7.82. The average Bonchev–Trinajstić information content (AvgIpc) is 3.04. The highest BCUT2D eigenvalue weighted by atomic mass is 79.9. The number of benzene rings is 1. The lowest BCUT2D eigenvalue weighted by Crippen LogP contribution is -2.07. The molecule has 0 bridgehead atoms. The fraction of sp³-hybridized carbons (Fsp3) is 0.0526. The Balaban J connectivity index is 2.00. The molecule has 0 N–H and O–H groups in total. The summed E-state index contributed by atoms with van der Waals surface area (Å²) >= 11 is 9.70. The van der Waals surface area contributed by atoms with E-state index < -0.39 is 5.63 Å². The van der Waals surface area contributed by atoms with Crippen LogP contribution in [0.2, 0.25) is 5.02 Å². The van der Waals surface area contributed by atoms with Crippen LogP contribution >= 0.6 is 27.5 Å². The fourth-order valence-corrected chi connectivity index (χ4v) is 3.48. The zero-order valence-electron chi connectivity index (χ0n) is 13.9. The van der Waals surface area contributed by atoms with E-state index in [0.717, 1.165) is 4.47 Å². The number of fused-ring (bicyclic) bond motifs is 1. The van der Waals surface area contributed by atoms with Gasteiger partial charge in [-0.05, 0) is 58.7 Å². The molecule has 0 saturated heterocycles. The third-order valence-electron chi connectivity index (χ3n) is 4.03. The van der Waals surface area contributed by atoms with Crippen molar-refractivity contribution in [3.63, 3.8) is 0 Å². The normalized spacial score (nSPS) is 10.9. The van der Waals surface area contributed by atoms with E-state index >= 15 is 0 Å². The van der Waals surface area contributed by atoms with Gasteiger partial charge in [0.05, 0.1) is 27.6 Å². The summed E-state index contributed by atoms with van der Waals surface area (Å²) in [7, 11) is 0. The minimum Gasteiger partial charge on any atom is -0.401 e. The molecule has 3 aromatic heterocycles. The highest BCUT2D eigenvalue weighted by Gasteiger charge is 2.18. The van der Waals surface area contributed by atoms with Gasteiger partial charge in [-0.3, -0.25) is 4.57 Å². The van der Waals surface area contributed by atoms with Crippen LogP contribution in [0.25, 0.3) is 28.3 Å². The van der Waals surface area contributed by atoms with Gasteiger partial charge >= 0.3 is 5.63 Å². The molecule has 6 nitrogen and oxygen atoms in total. The third-order valence-corrected chi connectivity index (χ3v) is 4.75. The van der Waals surface area contributed by atoms with Crippen molar-refractivity contribution in [3.05, 3.63) is 73.8 Å². The minimum atomic E-state index is -0.564. The highest BCUT2D eigenvalue weighted by molar-refractivity contribution is 9.10. The maximum absolute atomic E-state index is 12.5.